The Kier molecular flexibility index (Phi) is 13.3. The van der Waals surface area contributed by atoms with Crippen LogP contribution in [-0.4, -0.2) is 21.5 Å². The quantitative estimate of drug-likeness (QED) is 0.215. The van der Waals surface area contributed by atoms with E-state index in [1.54, 1.807) is 0 Å². The van der Waals surface area contributed by atoms with Gasteiger partial charge in [-0.25, -0.2) is 0 Å². The predicted octanol–water partition coefficient (Wildman–Crippen LogP) is 12.5. The van der Waals surface area contributed by atoms with E-state index in [2.05, 4.69) is 163 Å². The Balaban J connectivity index is 3.89. The SMILES string of the molecule is CCCCC(CC)(CO)C(OP(O)O)(c1c(C(C)(C)C)cc(C(C)(C)C)cc1C(C)(C)C)c1c(C(C)(C)C)cc(C(C)(C)C)cc1C(C)(C)C. The molecule has 0 aliphatic rings. The smallest absolute Gasteiger partial charge is 0.328 e. The standard InChI is InChI=1S/C45H77O4P/c1-21-23-24-44(22-2,29-46)45(49-50(47)48,36-32(40(9,10)11)25-30(38(3,4)5)26-33(36)41(12,13)14)37-34(42(15,16)17)27-31(39(6,7)8)28-35(37)43(18,19)20/h25-28,46-48H,21-24,29H2,1-20H3. The van der Waals surface area contributed by atoms with Crippen molar-refractivity contribution in [3.05, 3.63) is 68.8 Å². The third-order valence-electron chi connectivity index (χ3n) is 10.9. The highest BCUT2D eigenvalue weighted by molar-refractivity contribution is 7.39. The monoisotopic (exact) mass is 713 g/mol. The molecule has 0 bridgehead atoms. The van der Waals surface area contributed by atoms with Gasteiger partial charge in [-0.1, -0.05) is 176 Å². The molecule has 3 N–H and O–H groups in total. The van der Waals surface area contributed by atoms with Gasteiger partial charge in [0.05, 0.1) is 6.61 Å². The lowest BCUT2D eigenvalue weighted by Crippen LogP contribution is -2.54. The minimum absolute atomic E-state index is 0.134. The average Bonchev–Trinajstić information content (AvgIpc) is 2.92. The Morgan fingerprint density at radius 3 is 1.00 bits per heavy atom. The van der Waals surface area contributed by atoms with Gasteiger partial charge in [0, 0.05) is 5.41 Å². The highest BCUT2D eigenvalue weighted by Crippen LogP contribution is 2.64. The van der Waals surface area contributed by atoms with Crippen molar-refractivity contribution < 1.29 is 19.4 Å². The van der Waals surface area contributed by atoms with Gasteiger partial charge in [0.15, 0.2) is 0 Å². The van der Waals surface area contributed by atoms with Crippen LogP contribution in [0.25, 0.3) is 0 Å². The Bertz CT molecular complexity index is 1290. The van der Waals surface area contributed by atoms with Gasteiger partial charge in [-0.2, -0.15) is 0 Å². The molecule has 5 heteroatoms. The van der Waals surface area contributed by atoms with Crippen molar-refractivity contribution in [2.75, 3.05) is 6.61 Å². The molecule has 2 rings (SSSR count). The Morgan fingerprint density at radius 2 is 0.820 bits per heavy atom. The molecule has 0 heterocycles. The number of aliphatic hydroxyl groups excluding tert-OH is 1. The number of benzene rings is 2. The molecule has 2 aromatic carbocycles. The molecule has 0 aliphatic carbocycles. The zero-order chi connectivity index (χ0) is 39.3. The first-order valence-corrected chi connectivity index (χ1v) is 20.3. The molecule has 4 nitrogen and oxygen atoms in total. The van der Waals surface area contributed by atoms with Crippen molar-refractivity contribution in [2.24, 2.45) is 5.41 Å². The zero-order valence-corrected chi connectivity index (χ0v) is 36.9. The molecular weight excluding hydrogens is 635 g/mol. The fourth-order valence-electron chi connectivity index (χ4n) is 7.66. The molecule has 50 heavy (non-hydrogen) atoms. The predicted molar refractivity (Wildman–Crippen MR) is 218 cm³/mol. The molecule has 0 spiro atoms. The number of unbranched alkanes of at least 4 members (excludes halogenated alkanes) is 1. The fraction of sp³-hybridized carbons (Fsp3) is 0.733. The first-order valence-electron chi connectivity index (χ1n) is 19.1. The van der Waals surface area contributed by atoms with E-state index in [4.69, 9.17) is 4.52 Å². The van der Waals surface area contributed by atoms with E-state index in [-0.39, 0.29) is 39.1 Å². The van der Waals surface area contributed by atoms with E-state index in [9.17, 15) is 14.9 Å². The van der Waals surface area contributed by atoms with Crippen molar-refractivity contribution in [2.45, 2.75) is 202 Å². The van der Waals surface area contributed by atoms with Crippen molar-refractivity contribution >= 4 is 8.60 Å². The molecule has 1 atom stereocenters. The van der Waals surface area contributed by atoms with Crippen LogP contribution in [0.5, 0.6) is 0 Å². The molecule has 0 radical (unpaired) electrons. The third-order valence-corrected chi connectivity index (χ3v) is 11.3. The van der Waals surface area contributed by atoms with Crippen LogP contribution in [0.4, 0.5) is 0 Å². The third kappa shape index (κ3) is 9.07. The first kappa shape index (κ1) is 44.9. The second-order valence-corrected chi connectivity index (χ2v) is 22.0. The summed E-state index contributed by atoms with van der Waals surface area (Å²) in [5, 5.41) is 12.1. The summed E-state index contributed by atoms with van der Waals surface area (Å²) in [4.78, 5) is 22.9. The molecule has 0 aromatic heterocycles. The van der Waals surface area contributed by atoms with Gasteiger partial charge in [0.2, 0.25) is 0 Å². The highest BCUT2D eigenvalue weighted by atomic mass is 31.2. The first-order chi connectivity index (χ1) is 22.3. The van der Waals surface area contributed by atoms with Gasteiger partial charge in [0.25, 0.3) is 0 Å². The second kappa shape index (κ2) is 14.9. The largest absolute Gasteiger partial charge is 0.396 e. The summed E-state index contributed by atoms with van der Waals surface area (Å²) < 4.78 is 7.16. The van der Waals surface area contributed by atoms with Gasteiger partial charge in [-0.3, -0.25) is 4.52 Å². The van der Waals surface area contributed by atoms with Gasteiger partial charge in [0.1, 0.15) is 5.60 Å². The minimum Gasteiger partial charge on any atom is -0.396 e. The van der Waals surface area contributed by atoms with E-state index in [1.807, 2.05) is 0 Å². The summed E-state index contributed by atoms with van der Waals surface area (Å²) in [7, 11) is -2.89. The van der Waals surface area contributed by atoms with Crippen LogP contribution >= 0.6 is 8.60 Å². The van der Waals surface area contributed by atoms with E-state index in [0.717, 1.165) is 46.2 Å². The van der Waals surface area contributed by atoms with E-state index < -0.39 is 19.6 Å². The van der Waals surface area contributed by atoms with Crippen LogP contribution in [-0.2, 0) is 42.6 Å². The van der Waals surface area contributed by atoms with Gasteiger partial charge < -0.3 is 14.9 Å². The number of aliphatic hydroxyl groups is 1. The topological polar surface area (TPSA) is 69.9 Å². The van der Waals surface area contributed by atoms with Crippen LogP contribution in [0.3, 0.4) is 0 Å². The molecule has 1 unspecified atom stereocenters. The van der Waals surface area contributed by atoms with Crippen LogP contribution < -0.4 is 0 Å². The molecule has 0 saturated carbocycles. The molecule has 0 amide bonds. The van der Waals surface area contributed by atoms with Gasteiger partial charge in [-0.15, -0.1) is 0 Å². The lowest BCUT2D eigenvalue weighted by Gasteiger charge is -2.55. The highest BCUT2D eigenvalue weighted by Gasteiger charge is 2.60. The van der Waals surface area contributed by atoms with E-state index in [1.165, 1.54) is 11.1 Å². The Labute approximate surface area is 310 Å². The van der Waals surface area contributed by atoms with E-state index in [0.29, 0.717) is 12.8 Å². The average molecular weight is 713 g/mol. The lowest BCUT2D eigenvalue weighted by atomic mass is 9.53. The molecule has 0 saturated heterocycles. The minimum atomic E-state index is -2.89. The second-order valence-electron chi connectivity index (χ2n) is 21.3. The van der Waals surface area contributed by atoms with E-state index >= 15 is 0 Å². The summed E-state index contributed by atoms with van der Waals surface area (Å²) in [6.07, 6.45) is 3.03. The summed E-state index contributed by atoms with van der Waals surface area (Å²) >= 11 is 0. The molecule has 0 aliphatic heterocycles. The van der Waals surface area contributed by atoms with Crippen molar-refractivity contribution in [3.63, 3.8) is 0 Å². The lowest BCUT2D eigenvalue weighted by molar-refractivity contribution is -0.0851. The van der Waals surface area contributed by atoms with Crippen LogP contribution in [0.1, 0.15) is 209 Å². The maximum absolute atomic E-state index is 12.1. The summed E-state index contributed by atoms with van der Waals surface area (Å²) in [5.41, 5.74) is 4.89. The number of hydrogen-bond donors (Lipinski definition) is 3. The van der Waals surface area contributed by atoms with Crippen LogP contribution in [0.2, 0.25) is 0 Å². The Hall–Kier alpha value is -1.29. The molecule has 286 valence electrons. The maximum atomic E-state index is 12.1. The summed E-state index contributed by atoms with van der Waals surface area (Å²) in [6.45, 7) is 44.8. The number of rotatable bonds is 10. The Morgan fingerprint density at radius 1 is 0.520 bits per heavy atom. The van der Waals surface area contributed by atoms with Gasteiger partial charge in [-0.05, 0) is 89.8 Å². The molecule has 2 aromatic rings. The molecular formula is C45H77O4P. The number of hydrogen-bond acceptors (Lipinski definition) is 4. The summed E-state index contributed by atoms with van der Waals surface area (Å²) in [5.74, 6) is 0. The van der Waals surface area contributed by atoms with Crippen LogP contribution in [0.15, 0.2) is 24.3 Å². The van der Waals surface area contributed by atoms with Gasteiger partial charge >= 0.3 is 8.60 Å². The van der Waals surface area contributed by atoms with Crippen molar-refractivity contribution in [1.82, 2.24) is 0 Å². The van der Waals surface area contributed by atoms with Crippen molar-refractivity contribution in [3.8, 4) is 0 Å². The summed E-state index contributed by atoms with van der Waals surface area (Å²) in [6, 6.07) is 9.42. The fourth-order valence-corrected chi connectivity index (χ4v) is 8.28. The maximum Gasteiger partial charge on any atom is 0.328 e. The molecule has 0 fully saturated rings. The van der Waals surface area contributed by atoms with Crippen molar-refractivity contribution in [1.29, 1.82) is 0 Å². The zero-order valence-electron chi connectivity index (χ0n) is 36.0. The normalized spacial score (nSPS) is 15.5. The van der Waals surface area contributed by atoms with Crippen LogP contribution in [0, 0.1) is 5.41 Å².